The molecular weight excluding hydrogens is 344 g/mol. The average Bonchev–Trinajstić information content (AvgIpc) is 3.30. The lowest BCUT2D eigenvalue weighted by molar-refractivity contribution is -0.128. The second kappa shape index (κ2) is 6.68. The first-order valence-electron chi connectivity index (χ1n) is 8.70. The monoisotopic (exact) mass is 362 g/mol. The molecule has 27 heavy (non-hydrogen) atoms. The van der Waals surface area contributed by atoms with Crippen molar-refractivity contribution < 1.29 is 9.53 Å². The molecule has 1 aliphatic heterocycles. The molecule has 1 amide bonds. The van der Waals surface area contributed by atoms with Gasteiger partial charge in [0.25, 0.3) is 0 Å². The standard InChI is InChI=1S/C19H18N6O2/c1-11-19(27-14-6-7-25(10-14)12(2)26)21-9-16(22-11)18-15-5-3-4-13(8-20)17(15)23-24-18/h3-5,9,14H,6-7,10H2,1-2H3,(H,23,24). The van der Waals surface area contributed by atoms with Gasteiger partial charge in [-0.25, -0.2) is 9.97 Å². The van der Waals surface area contributed by atoms with E-state index < -0.39 is 0 Å². The molecule has 8 heteroatoms. The number of aryl methyl sites for hydroxylation is 1. The third-order valence-corrected chi connectivity index (χ3v) is 4.73. The molecule has 1 saturated heterocycles. The molecule has 3 heterocycles. The van der Waals surface area contributed by atoms with E-state index in [1.807, 2.05) is 19.1 Å². The number of aromatic amines is 1. The minimum absolute atomic E-state index is 0.0569. The third kappa shape index (κ3) is 3.08. The first kappa shape index (κ1) is 17.0. The van der Waals surface area contributed by atoms with Gasteiger partial charge in [0, 0.05) is 25.3 Å². The van der Waals surface area contributed by atoms with Crippen LogP contribution in [0.2, 0.25) is 0 Å². The molecule has 0 aliphatic carbocycles. The van der Waals surface area contributed by atoms with Crippen LogP contribution < -0.4 is 4.74 Å². The molecule has 1 unspecified atom stereocenters. The van der Waals surface area contributed by atoms with Crippen molar-refractivity contribution in [3.05, 3.63) is 35.7 Å². The first-order chi connectivity index (χ1) is 13.1. The number of benzene rings is 1. The molecule has 136 valence electrons. The Hall–Kier alpha value is -3.47. The lowest BCUT2D eigenvalue weighted by atomic mass is 10.1. The van der Waals surface area contributed by atoms with Crippen molar-refractivity contribution in [1.82, 2.24) is 25.1 Å². The zero-order chi connectivity index (χ0) is 19.0. The minimum Gasteiger partial charge on any atom is -0.471 e. The number of carbonyl (C=O) groups excluding carboxylic acids is 1. The summed E-state index contributed by atoms with van der Waals surface area (Å²) >= 11 is 0. The predicted molar refractivity (Wildman–Crippen MR) is 97.9 cm³/mol. The van der Waals surface area contributed by atoms with Crippen LogP contribution in [0.25, 0.3) is 22.3 Å². The number of hydrogen-bond acceptors (Lipinski definition) is 6. The maximum Gasteiger partial charge on any atom is 0.235 e. The molecule has 1 aromatic carbocycles. The number of fused-ring (bicyclic) bond motifs is 1. The zero-order valence-electron chi connectivity index (χ0n) is 15.1. The van der Waals surface area contributed by atoms with Gasteiger partial charge in [0.2, 0.25) is 11.8 Å². The Morgan fingerprint density at radius 1 is 1.44 bits per heavy atom. The number of carbonyl (C=O) groups is 1. The number of H-pyrrole nitrogens is 1. The molecule has 3 aromatic rings. The van der Waals surface area contributed by atoms with Crippen LogP contribution in [-0.4, -0.2) is 50.2 Å². The van der Waals surface area contributed by atoms with Crippen molar-refractivity contribution in [3.8, 4) is 23.3 Å². The molecule has 2 aromatic heterocycles. The van der Waals surface area contributed by atoms with Gasteiger partial charge in [-0.3, -0.25) is 9.89 Å². The molecular formula is C19H18N6O2. The summed E-state index contributed by atoms with van der Waals surface area (Å²) in [5, 5.41) is 17.3. The smallest absolute Gasteiger partial charge is 0.235 e. The number of nitrogens with one attached hydrogen (secondary N) is 1. The van der Waals surface area contributed by atoms with Gasteiger partial charge in [-0.05, 0) is 13.0 Å². The van der Waals surface area contributed by atoms with E-state index in [2.05, 4.69) is 26.2 Å². The Labute approximate surface area is 155 Å². The Balaban J connectivity index is 1.60. The number of ether oxygens (including phenoxy) is 1. The minimum atomic E-state index is -0.0721. The fourth-order valence-electron chi connectivity index (χ4n) is 3.30. The van der Waals surface area contributed by atoms with Crippen LogP contribution in [0.15, 0.2) is 24.4 Å². The van der Waals surface area contributed by atoms with Crippen LogP contribution in [-0.2, 0) is 4.79 Å². The SMILES string of the molecule is CC(=O)N1CCC(Oc2ncc(-c3n[nH]c4c(C#N)cccc34)nc2C)C1. The van der Waals surface area contributed by atoms with Gasteiger partial charge in [-0.15, -0.1) is 0 Å². The summed E-state index contributed by atoms with van der Waals surface area (Å²) in [6.07, 6.45) is 2.33. The second-order valence-corrected chi connectivity index (χ2v) is 6.55. The number of nitriles is 1. The van der Waals surface area contributed by atoms with Crippen molar-refractivity contribution in [2.24, 2.45) is 0 Å². The van der Waals surface area contributed by atoms with Crippen LogP contribution in [0.5, 0.6) is 5.88 Å². The summed E-state index contributed by atoms with van der Waals surface area (Å²) in [7, 11) is 0. The lowest BCUT2D eigenvalue weighted by Crippen LogP contribution is -2.29. The van der Waals surface area contributed by atoms with Crippen LogP contribution in [0, 0.1) is 18.3 Å². The van der Waals surface area contributed by atoms with Gasteiger partial charge in [0.05, 0.1) is 23.8 Å². The highest BCUT2D eigenvalue weighted by molar-refractivity contribution is 5.94. The van der Waals surface area contributed by atoms with Gasteiger partial charge in [-0.2, -0.15) is 10.4 Å². The molecule has 1 aliphatic rings. The summed E-state index contributed by atoms with van der Waals surface area (Å²) in [4.78, 5) is 22.2. The van der Waals surface area contributed by atoms with Crippen LogP contribution >= 0.6 is 0 Å². The largest absolute Gasteiger partial charge is 0.471 e. The van der Waals surface area contributed by atoms with Crippen LogP contribution in [0.1, 0.15) is 24.6 Å². The van der Waals surface area contributed by atoms with Crippen molar-refractivity contribution in [2.75, 3.05) is 13.1 Å². The topological polar surface area (TPSA) is 108 Å². The Morgan fingerprint density at radius 3 is 3.00 bits per heavy atom. The summed E-state index contributed by atoms with van der Waals surface area (Å²) < 4.78 is 5.94. The fraction of sp³-hybridized carbons (Fsp3) is 0.316. The molecule has 0 saturated carbocycles. The number of aromatic nitrogens is 4. The van der Waals surface area contributed by atoms with E-state index in [1.54, 1.807) is 24.1 Å². The van der Waals surface area contributed by atoms with E-state index in [0.29, 0.717) is 47.1 Å². The molecule has 1 atom stereocenters. The van der Waals surface area contributed by atoms with Crippen molar-refractivity contribution in [3.63, 3.8) is 0 Å². The summed E-state index contributed by atoms with van der Waals surface area (Å²) in [5.74, 6) is 0.521. The lowest BCUT2D eigenvalue weighted by Gasteiger charge is -2.15. The Kier molecular flexibility index (Phi) is 4.20. The average molecular weight is 362 g/mol. The maximum atomic E-state index is 11.5. The quantitative estimate of drug-likeness (QED) is 0.765. The van der Waals surface area contributed by atoms with Crippen molar-refractivity contribution in [2.45, 2.75) is 26.4 Å². The molecule has 0 spiro atoms. The molecule has 1 fully saturated rings. The van der Waals surface area contributed by atoms with Crippen LogP contribution in [0.3, 0.4) is 0 Å². The number of para-hydroxylation sites is 1. The Bertz CT molecular complexity index is 1070. The molecule has 4 rings (SSSR count). The molecule has 1 N–H and O–H groups in total. The maximum absolute atomic E-state index is 11.5. The number of nitrogens with zero attached hydrogens (tertiary/aromatic N) is 5. The van der Waals surface area contributed by atoms with E-state index in [-0.39, 0.29) is 12.0 Å². The predicted octanol–water partition coefficient (Wildman–Crippen LogP) is 2.20. The van der Waals surface area contributed by atoms with E-state index in [1.165, 1.54) is 0 Å². The van der Waals surface area contributed by atoms with E-state index in [0.717, 1.165) is 11.8 Å². The molecule has 0 bridgehead atoms. The van der Waals surface area contributed by atoms with Gasteiger partial charge >= 0.3 is 0 Å². The van der Waals surface area contributed by atoms with Gasteiger partial charge in [0.15, 0.2) is 0 Å². The molecule has 0 radical (unpaired) electrons. The fourth-order valence-corrected chi connectivity index (χ4v) is 3.30. The van der Waals surface area contributed by atoms with Crippen LogP contribution in [0.4, 0.5) is 0 Å². The van der Waals surface area contributed by atoms with E-state index in [4.69, 9.17) is 4.74 Å². The van der Waals surface area contributed by atoms with E-state index >= 15 is 0 Å². The van der Waals surface area contributed by atoms with E-state index in [9.17, 15) is 10.1 Å². The second-order valence-electron chi connectivity index (χ2n) is 6.55. The number of rotatable bonds is 3. The summed E-state index contributed by atoms with van der Waals surface area (Å²) in [6.45, 7) is 4.66. The summed E-state index contributed by atoms with van der Waals surface area (Å²) in [6, 6.07) is 7.60. The number of hydrogen-bond donors (Lipinski definition) is 1. The van der Waals surface area contributed by atoms with Gasteiger partial charge in [0.1, 0.15) is 29.3 Å². The Morgan fingerprint density at radius 2 is 2.30 bits per heavy atom. The summed E-state index contributed by atoms with van der Waals surface area (Å²) in [5.41, 5.74) is 3.13. The highest BCUT2D eigenvalue weighted by atomic mass is 16.5. The normalized spacial score (nSPS) is 16.5. The third-order valence-electron chi connectivity index (χ3n) is 4.73. The number of amides is 1. The van der Waals surface area contributed by atoms with Gasteiger partial charge in [-0.1, -0.05) is 12.1 Å². The first-order valence-corrected chi connectivity index (χ1v) is 8.70. The highest BCUT2D eigenvalue weighted by Crippen LogP contribution is 2.28. The van der Waals surface area contributed by atoms with Crippen molar-refractivity contribution >= 4 is 16.8 Å². The number of likely N-dealkylation sites (tertiary alicyclic amines) is 1. The highest BCUT2D eigenvalue weighted by Gasteiger charge is 2.26. The zero-order valence-corrected chi connectivity index (χ0v) is 15.1. The van der Waals surface area contributed by atoms with Gasteiger partial charge < -0.3 is 9.64 Å². The van der Waals surface area contributed by atoms with Crippen molar-refractivity contribution in [1.29, 1.82) is 5.26 Å². The molecule has 8 nitrogen and oxygen atoms in total.